The fraction of sp³-hybridized carbons (Fsp3) is 0.750. The van der Waals surface area contributed by atoms with E-state index in [0.29, 0.717) is 25.2 Å². The maximum atomic E-state index is 11.5. The zero-order chi connectivity index (χ0) is 18.5. The Morgan fingerprint density at radius 2 is 1.71 bits per heavy atom. The molecule has 0 unspecified atom stereocenters. The molecule has 0 aromatic rings. The van der Waals surface area contributed by atoms with E-state index >= 15 is 0 Å². The Kier molecular flexibility index (Phi) is 20.4. The normalized spacial score (nSPS) is 10.7. The van der Waals surface area contributed by atoms with Gasteiger partial charge in [0.1, 0.15) is 5.78 Å². The monoisotopic (exact) mass is 587 g/mol. The molecular formula is C16H32NO5PU. The molecule has 0 rings (SSSR count). The smallest absolute Gasteiger partial charge is 0.356 e. The van der Waals surface area contributed by atoms with Crippen molar-refractivity contribution >= 4 is 19.3 Å². The van der Waals surface area contributed by atoms with Crippen LogP contribution in [-0.2, 0) is 14.2 Å². The molecule has 0 saturated carbocycles. The summed E-state index contributed by atoms with van der Waals surface area (Å²) in [6.07, 6.45) is 5.77. The van der Waals surface area contributed by atoms with Gasteiger partial charge in [-0.05, 0) is 25.2 Å². The predicted molar refractivity (Wildman–Crippen MR) is 92.5 cm³/mol. The van der Waals surface area contributed by atoms with Crippen LogP contribution in [0.3, 0.4) is 0 Å². The van der Waals surface area contributed by atoms with Crippen molar-refractivity contribution < 1.29 is 55.1 Å². The average Bonchev–Trinajstić information content (AvgIpc) is 2.37. The summed E-state index contributed by atoms with van der Waals surface area (Å²) in [5, 5.41) is 2.91. The molecule has 24 heavy (non-hydrogen) atoms. The van der Waals surface area contributed by atoms with Crippen LogP contribution in [0.15, 0.2) is 0 Å². The fourth-order valence-corrected chi connectivity index (χ4v) is 1.54. The molecule has 0 fully saturated rings. The quantitative estimate of drug-likeness (QED) is 0.207. The average molecular weight is 587 g/mol. The SMILES string of the molecule is CC(C)CCCNC(=O)CC[CH-]CC(=O)C(C)C.[CH2-]P(=O)(O)O.[U+2]. The van der Waals surface area contributed by atoms with Gasteiger partial charge in [-0.25, -0.2) is 6.66 Å². The van der Waals surface area contributed by atoms with Gasteiger partial charge in [0.15, 0.2) is 7.60 Å². The molecule has 0 spiro atoms. The van der Waals surface area contributed by atoms with Gasteiger partial charge in [0, 0.05) is 12.5 Å². The second-order valence-corrected chi connectivity index (χ2v) is 7.53. The third-order valence-corrected chi connectivity index (χ3v) is 2.85. The molecule has 0 saturated heterocycles. The van der Waals surface area contributed by atoms with Crippen molar-refractivity contribution in [1.82, 2.24) is 5.32 Å². The van der Waals surface area contributed by atoms with Crippen LogP contribution >= 0.6 is 7.60 Å². The van der Waals surface area contributed by atoms with Crippen LogP contribution in [0.2, 0.25) is 0 Å². The van der Waals surface area contributed by atoms with E-state index in [2.05, 4.69) is 25.8 Å². The molecule has 0 aliphatic carbocycles. The van der Waals surface area contributed by atoms with Gasteiger partial charge >= 0.3 is 31.1 Å². The molecule has 1 amide bonds. The van der Waals surface area contributed by atoms with Crippen molar-refractivity contribution in [3.05, 3.63) is 13.1 Å². The van der Waals surface area contributed by atoms with Crippen molar-refractivity contribution in [2.75, 3.05) is 6.54 Å². The second kappa shape index (κ2) is 16.8. The zero-order valence-electron chi connectivity index (χ0n) is 15.2. The number of ketones is 1. The number of hydrogen-bond donors (Lipinski definition) is 3. The Morgan fingerprint density at radius 1 is 1.21 bits per heavy atom. The summed E-state index contributed by atoms with van der Waals surface area (Å²) in [7, 11) is -3.89. The number of nitrogens with one attached hydrogen (secondary N) is 1. The minimum atomic E-state index is -3.89. The van der Waals surface area contributed by atoms with Gasteiger partial charge in [-0.2, -0.15) is 6.42 Å². The number of Topliss-reactive ketones (excluding diaryl/α,β-unsaturated/α-hetero) is 1. The van der Waals surface area contributed by atoms with Gasteiger partial charge in [-0.1, -0.05) is 27.7 Å². The van der Waals surface area contributed by atoms with E-state index < -0.39 is 7.60 Å². The van der Waals surface area contributed by atoms with Crippen molar-refractivity contribution in [3.8, 4) is 0 Å². The molecule has 140 valence electrons. The minimum Gasteiger partial charge on any atom is -0.356 e. The third-order valence-electron chi connectivity index (χ3n) is 2.85. The van der Waals surface area contributed by atoms with Crippen LogP contribution in [0.1, 0.15) is 59.8 Å². The van der Waals surface area contributed by atoms with Gasteiger partial charge in [-0.15, -0.1) is 6.42 Å². The van der Waals surface area contributed by atoms with E-state index in [-0.39, 0.29) is 48.7 Å². The molecule has 0 atom stereocenters. The molecule has 0 heterocycles. The standard InChI is InChI=1S/C15H28NO2.CH4O3P.U/c1-12(2)8-7-11-16-15(18)10-6-5-9-14(17)13(3)4;1-5(2,3)4;/h5,12-13H,6-11H2,1-4H3,(H,16,18);1H2,(H2,2,3,4);/q2*-1;+2. The van der Waals surface area contributed by atoms with E-state index in [9.17, 15) is 14.2 Å². The van der Waals surface area contributed by atoms with Gasteiger partial charge in [-0.3, -0.25) is 9.36 Å². The third kappa shape index (κ3) is 30.2. The first-order valence-corrected chi connectivity index (χ1v) is 9.74. The minimum absolute atomic E-state index is 0. The molecule has 0 radical (unpaired) electrons. The van der Waals surface area contributed by atoms with Crippen molar-refractivity contribution in [2.24, 2.45) is 11.8 Å². The molecular weight excluding hydrogens is 555 g/mol. The first kappa shape index (κ1) is 29.1. The molecule has 8 heteroatoms. The molecule has 0 bridgehead atoms. The summed E-state index contributed by atoms with van der Waals surface area (Å²) >= 11 is 0. The Balaban J connectivity index is -0.000000639. The maximum Gasteiger partial charge on any atom is 2.00 e. The van der Waals surface area contributed by atoms with E-state index in [1.165, 1.54) is 0 Å². The largest absolute Gasteiger partial charge is 2.00 e. The van der Waals surface area contributed by atoms with E-state index in [1.54, 1.807) is 0 Å². The maximum absolute atomic E-state index is 11.5. The topological polar surface area (TPSA) is 104 Å². The Bertz CT molecular complexity index is 374. The molecule has 0 aromatic carbocycles. The Labute approximate surface area is 170 Å². The van der Waals surface area contributed by atoms with Crippen LogP contribution in [0.25, 0.3) is 0 Å². The molecule has 0 aromatic heterocycles. The predicted octanol–water partition coefficient (Wildman–Crippen LogP) is 3.09. The zero-order valence-corrected chi connectivity index (χ0v) is 20.3. The summed E-state index contributed by atoms with van der Waals surface area (Å²) < 4.78 is 9.22. The summed E-state index contributed by atoms with van der Waals surface area (Å²) in [4.78, 5) is 37.8. The Hall–Kier alpha value is 0.342. The number of unbranched alkanes of at least 4 members (excludes halogenated alkanes) is 1. The van der Waals surface area contributed by atoms with Crippen molar-refractivity contribution in [1.29, 1.82) is 0 Å². The van der Waals surface area contributed by atoms with E-state index in [0.717, 1.165) is 19.4 Å². The number of hydrogen-bond acceptors (Lipinski definition) is 3. The van der Waals surface area contributed by atoms with Gasteiger partial charge in [0.2, 0.25) is 5.91 Å². The number of carbonyl (C=O) groups is 2. The van der Waals surface area contributed by atoms with E-state index in [4.69, 9.17) is 9.79 Å². The van der Waals surface area contributed by atoms with Crippen LogP contribution in [0.4, 0.5) is 0 Å². The summed E-state index contributed by atoms with van der Waals surface area (Å²) in [6.45, 7) is 11.4. The summed E-state index contributed by atoms with van der Waals surface area (Å²) in [5.74, 6) is 1.11. The summed E-state index contributed by atoms with van der Waals surface area (Å²) in [5.41, 5.74) is 0. The number of carbonyl (C=O) groups excluding carboxylic acids is 2. The number of rotatable bonds is 10. The molecule has 3 N–H and O–H groups in total. The first-order chi connectivity index (χ1) is 10.4. The first-order valence-electron chi connectivity index (χ1n) is 7.94. The van der Waals surface area contributed by atoms with Crippen molar-refractivity contribution in [3.63, 3.8) is 0 Å². The Morgan fingerprint density at radius 3 is 2.12 bits per heavy atom. The van der Waals surface area contributed by atoms with Gasteiger partial charge < -0.3 is 26.3 Å². The van der Waals surface area contributed by atoms with Crippen LogP contribution in [0, 0.1) is 56.0 Å². The van der Waals surface area contributed by atoms with Gasteiger partial charge in [0.25, 0.3) is 0 Å². The number of amides is 1. The van der Waals surface area contributed by atoms with Crippen LogP contribution in [0.5, 0.6) is 0 Å². The van der Waals surface area contributed by atoms with E-state index in [1.807, 2.05) is 20.3 Å². The fourth-order valence-electron chi connectivity index (χ4n) is 1.54. The molecule has 0 aliphatic heterocycles. The second-order valence-electron chi connectivity index (χ2n) is 6.20. The van der Waals surface area contributed by atoms with Crippen LogP contribution < -0.4 is 5.32 Å². The molecule has 6 nitrogen and oxygen atoms in total. The van der Waals surface area contributed by atoms with Crippen molar-refractivity contribution in [2.45, 2.75) is 59.8 Å². The summed E-state index contributed by atoms with van der Waals surface area (Å²) in [6, 6.07) is 0. The molecule has 0 aliphatic rings. The van der Waals surface area contributed by atoms with Gasteiger partial charge in [0.05, 0.1) is 0 Å². The van der Waals surface area contributed by atoms with Crippen LogP contribution in [-0.4, -0.2) is 28.0 Å².